The third-order valence-electron chi connectivity index (χ3n) is 3.50. The second-order valence-electron chi connectivity index (χ2n) is 6.16. The first-order valence-corrected chi connectivity index (χ1v) is 6.75. The number of carboxylic acids is 1. The number of hydrogen-bond acceptors (Lipinski definition) is 3. The van der Waals surface area contributed by atoms with Crippen molar-refractivity contribution in [3.63, 3.8) is 0 Å². The number of carbonyl (C=O) groups is 3. The molecule has 0 heterocycles. The number of hydrogen-bond donors (Lipinski definition) is 4. The summed E-state index contributed by atoms with van der Waals surface area (Å²) in [5.41, 5.74) is 3.67. The van der Waals surface area contributed by atoms with Gasteiger partial charge in [0.2, 0.25) is 5.91 Å². The first kappa shape index (κ1) is 16.3. The SMILES string of the molecule is CC(C)(CC(N)=O)NC(=O)NC1(CC(=O)O)CCCC1. The molecule has 0 saturated heterocycles. The van der Waals surface area contributed by atoms with Gasteiger partial charge in [-0.15, -0.1) is 0 Å². The lowest BCUT2D eigenvalue weighted by atomic mass is 9.93. The monoisotopic (exact) mass is 285 g/mol. The van der Waals surface area contributed by atoms with Gasteiger partial charge in [0, 0.05) is 12.0 Å². The van der Waals surface area contributed by atoms with E-state index in [1.54, 1.807) is 13.8 Å². The van der Waals surface area contributed by atoms with Crippen LogP contribution in [0.1, 0.15) is 52.4 Å². The van der Waals surface area contributed by atoms with E-state index in [0.717, 1.165) is 12.8 Å². The maximum atomic E-state index is 12.0. The van der Waals surface area contributed by atoms with Gasteiger partial charge in [0.1, 0.15) is 0 Å². The molecule has 0 aromatic heterocycles. The maximum Gasteiger partial charge on any atom is 0.315 e. The van der Waals surface area contributed by atoms with E-state index < -0.39 is 29.0 Å². The molecule has 0 atom stereocenters. The van der Waals surface area contributed by atoms with E-state index in [1.807, 2.05) is 0 Å². The van der Waals surface area contributed by atoms with Crippen molar-refractivity contribution in [2.24, 2.45) is 5.73 Å². The smallest absolute Gasteiger partial charge is 0.315 e. The summed E-state index contributed by atoms with van der Waals surface area (Å²) in [6.07, 6.45) is 3.05. The lowest BCUT2D eigenvalue weighted by Gasteiger charge is -2.32. The van der Waals surface area contributed by atoms with Crippen molar-refractivity contribution in [2.75, 3.05) is 0 Å². The van der Waals surface area contributed by atoms with Crippen molar-refractivity contribution >= 4 is 17.9 Å². The molecule has 1 fully saturated rings. The zero-order chi connectivity index (χ0) is 15.4. The zero-order valence-electron chi connectivity index (χ0n) is 12.0. The largest absolute Gasteiger partial charge is 0.481 e. The Morgan fingerprint density at radius 3 is 2.25 bits per heavy atom. The second-order valence-corrected chi connectivity index (χ2v) is 6.16. The molecule has 7 nitrogen and oxygen atoms in total. The van der Waals surface area contributed by atoms with Crippen molar-refractivity contribution in [3.05, 3.63) is 0 Å². The molecule has 3 amide bonds. The molecular formula is C13H23N3O4. The average molecular weight is 285 g/mol. The molecule has 7 heteroatoms. The topological polar surface area (TPSA) is 122 Å². The molecule has 20 heavy (non-hydrogen) atoms. The van der Waals surface area contributed by atoms with Gasteiger partial charge in [-0.3, -0.25) is 9.59 Å². The molecular weight excluding hydrogens is 262 g/mol. The third kappa shape index (κ3) is 5.07. The van der Waals surface area contributed by atoms with E-state index >= 15 is 0 Å². The predicted molar refractivity (Wildman–Crippen MR) is 73.0 cm³/mol. The number of carbonyl (C=O) groups excluding carboxylic acids is 2. The minimum Gasteiger partial charge on any atom is -0.481 e. The number of nitrogens with two attached hydrogens (primary N) is 1. The van der Waals surface area contributed by atoms with Crippen LogP contribution in [-0.4, -0.2) is 34.1 Å². The second kappa shape index (κ2) is 6.11. The number of carboxylic acid groups (broad SMARTS) is 1. The van der Waals surface area contributed by atoms with Crippen molar-refractivity contribution in [1.29, 1.82) is 0 Å². The van der Waals surface area contributed by atoms with Crippen LogP contribution < -0.4 is 16.4 Å². The molecule has 0 aliphatic heterocycles. The van der Waals surface area contributed by atoms with Gasteiger partial charge in [-0.1, -0.05) is 12.8 Å². The Hall–Kier alpha value is -1.79. The fourth-order valence-electron chi connectivity index (χ4n) is 2.75. The van der Waals surface area contributed by atoms with E-state index in [0.29, 0.717) is 12.8 Å². The summed E-state index contributed by atoms with van der Waals surface area (Å²) in [7, 11) is 0. The van der Waals surface area contributed by atoms with Crippen LogP contribution in [0.5, 0.6) is 0 Å². The normalized spacial score (nSPS) is 17.5. The van der Waals surface area contributed by atoms with Crippen LogP contribution in [-0.2, 0) is 9.59 Å². The highest BCUT2D eigenvalue weighted by atomic mass is 16.4. The molecule has 1 aliphatic carbocycles. The van der Waals surface area contributed by atoms with Crippen molar-refractivity contribution in [3.8, 4) is 0 Å². The van der Waals surface area contributed by atoms with Crippen LogP contribution in [0.25, 0.3) is 0 Å². The standard InChI is InChI=1S/C13H23N3O4/c1-12(2,7-9(14)17)15-11(20)16-13(8-10(18)19)5-3-4-6-13/h3-8H2,1-2H3,(H2,14,17)(H,18,19)(H2,15,16,20). The van der Waals surface area contributed by atoms with Crippen molar-refractivity contribution in [1.82, 2.24) is 10.6 Å². The first-order valence-electron chi connectivity index (χ1n) is 6.75. The van der Waals surface area contributed by atoms with Gasteiger partial charge in [-0.25, -0.2) is 4.79 Å². The number of primary amides is 1. The van der Waals surface area contributed by atoms with Gasteiger partial charge < -0.3 is 21.5 Å². The number of urea groups is 1. The van der Waals surface area contributed by atoms with E-state index in [2.05, 4.69) is 10.6 Å². The lowest BCUT2D eigenvalue weighted by Crippen LogP contribution is -2.56. The summed E-state index contributed by atoms with van der Waals surface area (Å²) < 4.78 is 0. The molecule has 0 aromatic carbocycles. The number of amides is 3. The first-order chi connectivity index (χ1) is 9.14. The van der Waals surface area contributed by atoms with Crippen LogP contribution in [0, 0.1) is 0 Å². The summed E-state index contributed by atoms with van der Waals surface area (Å²) in [5, 5.41) is 14.4. The van der Waals surface area contributed by atoms with Gasteiger partial charge in [-0.2, -0.15) is 0 Å². The van der Waals surface area contributed by atoms with Gasteiger partial charge in [0.05, 0.1) is 12.0 Å². The summed E-state index contributed by atoms with van der Waals surface area (Å²) >= 11 is 0. The van der Waals surface area contributed by atoms with E-state index in [4.69, 9.17) is 10.8 Å². The summed E-state index contributed by atoms with van der Waals surface area (Å²) in [6.45, 7) is 3.38. The van der Waals surface area contributed by atoms with Crippen LogP contribution >= 0.6 is 0 Å². The fourth-order valence-corrected chi connectivity index (χ4v) is 2.75. The molecule has 5 N–H and O–H groups in total. The van der Waals surface area contributed by atoms with Crippen LogP contribution in [0.15, 0.2) is 0 Å². The van der Waals surface area contributed by atoms with Crippen molar-refractivity contribution < 1.29 is 19.5 Å². The fraction of sp³-hybridized carbons (Fsp3) is 0.769. The number of rotatable bonds is 6. The molecule has 114 valence electrons. The minimum atomic E-state index is -0.927. The molecule has 1 aliphatic rings. The van der Waals surface area contributed by atoms with Crippen LogP contribution in [0.2, 0.25) is 0 Å². The molecule has 1 rings (SSSR count). The highest BCUT2D eigenvalue weighted by Gasteiger charge is 2.38. The Balaban J connectivity index is 2.63. The van der Waals surface area contributed by atoms with Gasteiger partial charge in [0.25, 0.3) is 0 Å². The molecule has 1 saturated carbocycles. The summed E-state index contributed by atoms with van der Waals surface area (Å²) in [5.74, 6) is -1.43. The van der Waals surface area contributed by atoms with Crippen LogP contribution in [0.3, 0.4) is 0 Å². The molecule has 0 radical (unpaired) electrons. The van der Waals surface area contributed by atoms with Crippen molar-refractivity contribution in [2.45, 2.75) is 63.5 Å². The number of aliphatic carboxylic acids is 1. The quantitative estimate of drug-likeness (QED) is 0.574. The van der Waals surface area contributed by atoms with Gasteiger partial charge >= 0.3 is 12.0 Å². The Morgan fingerprint density at radius 2 is 1.80 bits per heavy atom. The predicted octanol–water partition coefficient (Wildman–Crippen LogP) is 0.727. The Kier molecular flexibility index (Phi) is 4.97. The van der Waals surface area contributed by atoms with E-state index in [-0.39, 0.29) is 12.8 Å². The maximum absolute atomic E-state index is 12.0. The zero-order valence-corrected chi connectivity index (χ0v) is 12.0. The molecule has 0 spiro atoms. The van der Waals surface area contributed by atoms with Crippen LogP contribution in [0.4, 0.5) is 4.79 Å². The van der Waals surface area contributed by atoms with Gasteiger partial charge in [-0.05, 0) is 26.7 Å². The Labute approximate surface area is 118 Å². The highest BCUT2D eigenvalue weighted by Crippen LogP contribution is 2.32. The highest BCUT2D eigenvalue weighted by molar-refractivity contribution is 5.80. The molecule has 0 aromatic rings. The van der Waals surface area contributed by atoms with Gasteiger partial charge in [0.15, 0.2) is 0 Å². The summed E-state index contributed by atoms with van der Waals surface area (Å²) in [4.78, 5) is 33.9. The molecule has 0 unspecified atom stereocenters. The minimum absolute atomic E-state index is 0.0202. The average Bonchev–Trinajstić information content (AvgIpc) is 2.60. The molecule has 0 bridgehead atoms. The summed E-state index contributed by atoms with van der Waals surface area (Å²) in [6, 6.07) is -0.459. The Morgan fingerprint density at radius 1 is 1.25 bits per heavy atom. The lowest BCUT2D eigenvalue weighted by molar-refractivity contribution is -0.138. The van der Waals surface area contributed by atoms with E-state index in [9.17, 15) is 14.4 Å². The van der Waals surface area contributed by atoms with E-state index in [1.165, 1.54) is 0 Å². The Bertz CT molecular complexity index is 400. The number of nitrogens with one attached hydrogen (secondary N) is 2. The third-order valence-corrected chi connectivity index (χ3v) is 3.50.